The lowest BCUT2D eigenvalue weighted by atomic mass is 10.0. The average Bonchev–Trinajstić information content (AvgIpc) is 3.11. The summed E-state index contributed by atoms with van der Waals surface area (Å²) < 4.78 is 1.83. The molecule has 35 heavy (non-hydrogen) atoms. The Morgan fingerprint density at radius 1 is 1.26 bits per heavy atom. The van der Waals surface area contributed by atoms with Crippen molar-refractivity contribution in [2.24, 2.45) is 7.05 Å². The number of carbonyl (C=O) groups excluding carboxylic acids is 1. The molecule has 1 unspecified atom stereocenters. The van der Waals surface area contributed by atoms with Gasteiger partial charge in [-0.2, -0.15) is 0 Å². The van der Waals surface area contributed by atoms with Crippen LogP contribution in [0.5, 0.6) is 0 Å². The molecule has 0 spiro atoms. The van der Waals surface area contributed by atoms with E-state index in [1.807, 2.05) is 36.7 Å². The minimum atomic E-state index is -0.201. The molecule has 10 heteroatoms. The molecule has 180 valence electrons. The number of aromatic amines is 1. The van der Waals surface area contributed by atoms with Gasteiger partial charge in [0.1, 0.15) is 0 Å². The van der Waals surface area contributed by atoms with Gasteiger partial charge in [-0.1, -0.05) is 41.4 Å². The van der Waals surface area contributed by atoms with E-state index in [1.165, 1.54) is 0 Å². The summed E-state index contributed by atoms with van der Waals surface area (Å²) in [4.78, 5) is 32.8. The molecule has 3 heterocycles. The third-order valence-electron chi connectivity index (χ3n) is 6.39. The average molecular weight is 511 g/mol. The number of imidazole rings is 1. The number of hydrogen-bond donors (Lipinski definition) is 4. The number of hydrogen-bond acceptors (Lipinski definition) is 5. The van der Waals surface area contributed by atoms with Gasteiger partial charge in [-0.3, -0.25) is 9.59 Å². The minimum Gasteiger partial charge on any atom is -0.332 e. The van der Waals surface area contributed by atoms with Gasteiger partial charge in [0.2, 0.25) is 11.9 Å². The van der Waals surface area contributed by atoms with Crippen molar-refractivity contribution in [3.8, 4) is 0 Å². The van der Waals surface area contributed by atoms with E-state index in [9.17, 15) is 9.59 Å². The number of rotatable bonds is 6. The van der Waals surface area contributed by atoms with Gasteiger partial charge in [-0.05, 0) is 49.0 Å². The largest absolute Gasteiger partial charge is 0.332 e. The number of H-pyrrole nitrogens is 1. The summed E-state index contributed by atoms with van der Waals surface area (Å²) in [5.74, 6) is 0.473. The smallest absolute Gasteiger partial charge is 0.258 e. The standard InChI is InChI=1S/C25H24Cl2N6O2/c1-13-14-8-9-18-22(33(2)25(31-18)32-21-15(26)5-3-6-16(21)27)20(14)24(35)30-17(13)7-4-11-29-23(34)19-10-12-28-19/h3-6,8-9,11,19,28H,7,10,12H2,1-2H3,(H,29,34)(H,30,35)(H,31,32)/b11-4-. The van der Waals surface area contributed by atoms with Crippen molar-refractivity contribution in [3.63, 3.8) is 0 Å². The van der Waals surface area contributed by atoms with Crippen molar-refractivity contribution in [2.75, 3.05) is 11.9 Å². The molecule has 0 bridgehead atoms. The molecule has 4 N–H and O–H groups in total. The number of nitrogens with one attached hydrogen (secondary N) is 4. The van der Waals surface area contributed by atoms with E-state index < -0.39 is 0 Å². The summed E-state index contributed by atoms with van der Waals surface area (Å²) in [6, 6.07) is 8.96. The fourth-order valence-corrected chi connectivity index (χ4v) is 4.77. The molecule has 4 aromatic rings. The predicted molar refractivity (Wildman–Crippen MR) is 141 cm³/mol. The number of benzene rings is 2. The van der Waals surface area contributed by atoms with Gasteiger partial charge >= 0.3 is 0 Å². The first-order valence-corrected chi connectivity index (χ1v) is 12.0. The van der Waals surface area contributed by atoms with Crippen LogP contribution in [0.15, 0.2) is 47.4 Å². The second-order valence-corrected chi connectivity index (χ2v) is 9.35. The van der Waals surface area contributed by atoms with Gasteiger partial charge in [0.15, 0.2) is 0 Å². The minimum absolute atomic E-state index is 0.0441. The molecule has 1 fully saturated rings. The zero-order chi connectivity index (χ0) is 24.7. The van der Waals surface area contributed by atoms with E-state index in [1.54, 1.807) is 24.4 Å². The van der Waals surface area contributed by atoms with Gasteiger partial charge in [0.05, 0.1) is 38.2 Å². The summed E-state index contributed by atoms with van der Waals surface area (Å²) in [5.41, 5.74) is 3.49. The van der Waals surface area contributed by atoms with Gasteiger partial charge in [-0.15, -0.1) is 0 Å². The number of fused-ring (bicyclic) bond motifs is 3. The van der Waals surface area contributed by atoms with Gasteiger partial charge in [0.25, 0.3) is 5.56 Å². The molecular formula is C25H24Cl2N6O2. The van der Waals surface area contributed by atoms with Crippen LogP contribution in [-0.4, -0.2) is 33.0 Å². The van der Waals surface area contributed by atoms with Crippen molar-refractivity contribution >= 4 is 62.6 Å². The molecule has 0 radical (unpaired) electrons. The zero-order valence-corrected chi connectivity index (χ0v) is 20.7. The number of amides is 1. The highest BCUT2D eigenvalue weighted by atomic mass is 35.5. The highest BCUT2D eigenvalue weighted by molar-refractivity contribution is 6.39. The summed E-state index contributed by atoms with van der Waals surface area (Å²) in [7, 11) is 1.84. The maximum atomic E-state index is 13.2. The Hall–Kier alpha value is -3.33. The molecule has 0 saturated carbocycles. The Balaban J connectivity index is 1.48. The quantitative estimate of drug-likeness (QED) is 0.309. The first-order valence-electron chi connectivity index (χ1n) is 11.3. The zero-order valence-electron chi connectivity index (χ0n) is 19.2. The van der Waals surface area contributed by atoms with Crippen LogP contribution in [0.1, 0.15) is 17.7 Å². The second kappa shape index (κ2) is 9.37. The predicted octanol–water partition coefficient (Wildman–Crippen LogP) is 4.31. The summed E-state index contributed by atoms with van der Waals surface area (Å²) in [5, 5.41) is 11.4. The van der Waals surface area contributed by atoms with E-state index in [0.29, 0.717) is 44.5 Å². The van der Waals surface area contributed by atoms with Gasteiger partial charge in [0, 0.05) is 25.4 Å². The number of halogens is 2. The van der Waals surface area contributed by atoms with E-state index >= 15 is 0 Å². The van der Waals surface area contributed by atoms with Crippen molar-refractivity contribution in [2.45, 2.75) is 25.8 Å². The van der Waals surface area contributed by atoms with Crippen molar-refractivity contribution < 1.29 is 4.79 Å². The van der Waals surface area contributed by atoms with Crippen LogP contribution in [0, 0.1) is 6.92 Å². The topological polar surface area (TPSA) is 104 Å². The Kier molecular flexibility index (Phi) is 6.27. The van der Waals surface area contributed by atoms with Crippen LogP contribution >= 0.6 is 23.2 Å². The molecule has 1 amide bonds. The van der Waals surface area contributed by atoms with Crippen molar-refractivity contribution in [3.05, 3.63) is 74.3 Å². The number of anilines is 2. The van der Waals surface area contributed by atoms with Crippen LogP contribution in [0.4, 0.5) is 11.6 Å². The van der Waals surface area contributed by atoms with E-state index in [0.717, 1.165) is 29.6 Å². The number of nitrogens with zero attached hydrogens (tertiary/aromatic N) is 2. The first kappa shape index (κ1) is 23.4. The van der Waals surface area contributed by atoms with E-state index in [-0.39, 0.29) is 17.5 Å². The lowest BCUT2D eigenvalue weighted by molar-refractivity contribution is -0.123. The summed E-state index contributed by atoms with van der Waals surface area (Å²) in [6.07, 6.45) is 4.80. The number of carbonyl (C=O) groups is 1. The first-order chi connectivity index (χ1) is 16.8. The highest BCUT2D eigenvalue weighted by Gasteiger charge is 2.23. The van der Waals surface area contributed by atoms with Crippen LogP contribution in [-0.2, 0) is 18.3 Å². The number of para-hydroxylation sites is 1. The monoisotopic (exact) mass is 510 g/mol. The highest BCUT2D eigenvalue weighted by Crippen LogP contribution is 2.34. The number of pyridine rings is 1. The maximum absolute atomic E-state index is 13.2. The molecule has 1 atom stereocenters. The molecular weight excluding hydrogens is 487 g/mol. The molecule has 2 aromatic carbocycles. The lowest BCUT2D eigenvalue weighted by Crippen LogP contribution is -2.52. The summed E-state index contributed by atoms with van der Waals surface area (Å²) in [6.45, 7) is 2.84. The molecule has 1 saturated heterocycles. The SMILES string of the molecule is Cc1c(C/C=C\NC(=O)C2CCN2)[nH]c(=O)c2c1ccc1nc(Nc3c(Cl)cccc3Cl)n(C)c12. The Labute approximate surface area is 211 Å². The molecule has 1 aliphatic rings. The van der Waals surface area contributed by atoms with Gasteiger partial charge in [-0.25, -0.2) is 4.98 Å². The molecule has 2 aromatic heterocycles. The normalized spacial score (nSPS) is 15.6. The fourth-order valence-electron chi connectivity index (χ4n) is 4.28. The third kappa shape index (κ3) is 4.29. The second-order valence-electron chi connectivity index (χ2n) is 8.54. The van der Waals surface area contributed by atoms with Crippen LogP contribution in [0.3, 0.4) is 0 Å². The Morgan fingerprint density at radius 3 is 2.69 bits per heavy atom. The van der Waals surface area contributed by atoms with E-state index in [4.69, 9.17) is 23.2 Å². The van der Waals surface area contributed by atoms with E-state index in [2.05, 4.69) is 25.9 Å². The Bertz CT molecular complexity index is 1530. The molecule has 0 aliphatic carbocycles. The Morgan fingerprint density at radius 2 is 2.00 bits per heavy atom. The molecule has 8 nitrogen and oxygen atoms in total. The van der Waals surface area contributed by atoms with Crippen LogP contribution in [0.25, 0.3) is 21.8 Å². The van der Waals surface area contributed by atoms with Crippen molar-refractivity contribution in [1.29, 1.82) is 0 Å². The lowest BCUT2D eigenvalue weighted by Gasteiger charge is -2.25. The summed E-state index contributed by atoms with van der Waals surface area (Å²) >= 11 is 12.6. The number of aromatic nitrogens is 3. The fraction of sp³-hybridized carbons (Fsp3) is 0.240. The molecule has 1 aliphatic heterocycles. The molecule has 5 rings (SSSR count). The number of aryl methyl sites for hydroxylation is 2. The van der Waals surface area contributed by atoms with Crippen LogP contribution < -0.4 is 21.5 Å². The maximum Gasteiger partial charge on any atom is 0.258 e. The van der Waals surface area contributed by atoms with Crippen molar-refractivity contribution in [1.82, 2.24) is 25.2 Å². The van der Waals surface area contributed by atoms with Crippen LogP contribution in [0.2, 0.25) is 10.0 Å². The third-order valence-corrected chi connectivity index (χ3v) is 7.02. The van der Waals surface area contributed by atoms with Gasteiger partial charge < -0.3 is 25.5 Å². The number of allylic oxidation sites excluding steroid dienone is 1.